The number of nitrogens with zero attached hydrogens (tertiary/aromatic N) is 2. The van der Waals surface area contributed by atoms with Gasteiger partial charge >= 0.3 is 0 Å². The van der Waals surface area contributed by atoms with E-state index in [4.69, 9.17) is 5.73 Å². The lowest BCUT2D eigenvalue weighted by Gasteiger charge is -1.97. The van der Waals surface area contributed by atoms with Crippen LogP contribution in [0.1, 0.15) is 16.1 Å². The first-order valence-corrected chi connectivity index (χ1v) is 5.18. The smallest absolute Gasteiger partial charge is 0.180 e. The minimum Gasteiger partial charge on any atom is -0.375 e. The number of pyridine rings is 1. The molecule has 2 heterocycles. The number of hydrogen-bond donors (Lipinski definition) is 1. The van der Waals surface area contributed by atoms with Gasteiger partial charge < -0.3 is 5.73 Å². The van der Waals surface area contributed by atoms with Crippen molar-refractivity contribution in [1.82, 2.24) is 9.97 Å². The Hall–Kier alpha value is -1.42. The van der Waals surface area contributed by atoms with Crippen molar-refractivity contribution in [3.8, 4) is 0 Å². The van der Waals surface area contributed by atoms with Crippen molar-refractivity contribution in [2.24, 2.45) is 0 Å². The molecule has 0 unspecified atom stereocenters. The maximum atomic E-state index is 5.63. The fourth-order valence-electron chi connectivity index (χ4n) is 1.31. The Morgan fingerprint density at radius 2 is 2.07 bits per heavy atom. The first-order valence-electron chi connectivity index (χ1n) is 4.36. The summed E-state index contributed by atoms with van der Waals surface area (Å²) < 4.78 is 0. The van der Waals surface area contributed by atoms with Gasteiger partial charge in [-0.2, -0.15) is 0 Å². The molecule has 0 fully saturated rings. The Balaban J connectivity index is 2.23. The summed E-state index contributed by atoms with van der Waals surface area (Å²) in [4.78, 5) is 9.45. The van der Waals surface area contributed by atoms with Crippen LogP contribution in [-0.2, 0) is 6.42 Å². The molecule has 0 amide bonds. The molecule has 72 valence electrons. The van der Waals surface area contributed by atoms with E-state index in [1.165, 1.54) is 21.8 Å². The van der Waals surface area contributed by atoms with Gasteiger partial charge in [-0.15, -0.1) is 11.3 Å². The Kier molecular flexibility index (Phi) is 2.45. The Labute approximate surface area is 86.6 Å². The van der Waals surface area contributed by atoms with Crippen LogP contribution in [-0.4, -0.2) is 9.97 Å². The zero-order valence-corrected chi connectivity index (χ0v) is 8.71. The predicted octanol–water partition coefficient (Wildman–Crippen LogP) is 2.02. The molecule has 4 heteroatoms. The zero-order chi connectivity index (χ0) is 9.97. The number of aromatic nitrogens is 2. The summed E-state index contributed by atoms with van der Waals surface area (Å²) in [5.74, 6) is 0. The van der Waals surface area contributed by atoms with Gasteiger partial charge in [0.2, 0.25) is 0 Å². The van der Waals surface area contributed by atoms with E-state index in [2.05, 4.69) is 9.97 Å². The van der Waals surface area contributed by atoms with Crippen molar-refractivity contribution >= 4 is 16.5 Å². The summed E-state index contributed by atoms with van der Waals surface area (Å²) in [6.45, 7) is 2.05. The Morgan fingerprint density at radius 3 is 2.64 bits per heavy atom. The lowest BCUT2D eigenvalue weighted by Crippen LogP contribution is -1.91. The highest BCUT2D eigenvalue weighted by Crippen LogP contribution is 2.21. The zero-order valence-electron chi connectivity index (χ0n) is 7.90. The second kappa shape index (κ2) is 3.75. The van der Waals surface area contributed by atoms with Crippen molar-refractivity contribution in [2.45, 2.75) is 13.3 Å². The molecule has 2 aromatic rings. The van der Waals surface area contributed by atoms with Crippen molar-refractivity contribution in [3.05, 3.63) is 40.7 Å². The molecule has 0 atom stereocenters. The molecule has 0 saturated heterocycles. The van der Waals surface area contributed by atoms with Gasteiger partial charge in [0.1, 0.15) is 0 Å². The number of aryl methyl sites for hydroxylation is 1. The summed E-state index contributed by atoms with van der Waals surface area (Å²) in [5, 5.41) is 0.645. The van der Waals surface area contributed by atoms with Crippen LogP contribution in [0.5, 0.6) is 0 Å². The number of rotatable bonds is 2. The molecule has 0 aromatic carbocycles. The van der Waals surface area contributed by atoms with Gasteiger partial charge in [-0.3, -0.25) is 4.98 Å². The first-order chi connectivity index (χ1) is 6.75. The van der Waals surface area contributed by atoms with E-state index in [1.807, 2.05) is 19.1 Å². The van der Waals surface area contributed by atoms with Gasteiger partial charge in [0.05, 0.1) is 5.69 Å². The van der Waals surface area contributed by atoms with Gasteiger partial charge in [0.25, 0.3) is 0 Å². The van der Waals surface area contributed by atoms with E-state index >= 15 is 0 Å². The van der Waals surface area contributed by atoms with E-state index in [9.17, 15) is 0 Å². The molecular formula is C10H11N3S. The predicted molar refractivity (Wildman–Crippen MR) is 58.3 cm³/mol. The van der Waals surface area contributed by atoms with E-state index < -0.39 is 0 Å². The second-order valence-electron chi connectivity index (χ2n) is 3.09. The van der Waals surface area contributed by atoms with Gasteiger partial charge in [-0.25, -0.2) is 4.98 Å². The Bertz CT molecular complexity index is 422. The molecule has 2 rings (SSSR count). The van der Waals surface area contributed by atoms with E-state index in [-0.39, 0.29) is 0 Å². The molecule has 14 heavy (non-hydrogen) atoms. The molecule has 0 aliphatic heterocycles. The summed E-state index contributed by atoms with van der Waals surface area (Å²) >= 11 is 1.54. The summed E-state index contributed by atoms with van der Waals surface area (Å²) in [6, 6.07) is 3.99. The van der Waals surface area contributed by atoms with Gasteiger partial charge in [0, 0.05) is 23.7 Å². The molecule has 2 N–H and O–H groups in total. The van der Waals surface area contributed by atoms with Gasteiger partial charge in [-0.1, -0.05) is 0 Å². The van der Waals surface area contributed by atoms with E-state index in [0.29, 0.717) is 5.13 Å². The third kappa shape index (κ3) is 1.90. The molecule has 0 bridgehead atoms. The summed E-state index contributed by atoms with van der Waals surface area (Å²) in [6.07, 6.45) is 4.42. The van der Waals surface area contributed by atoms with Crippen molar-refractivity contribution in [2.75, 3.05) is 5.73 Å². The third-order valence-corrected chi connectivity index (χ3v) is 2.87. The monoisotopic (exact) mass is 205 g/mol. The largest absolute Gasteiger partial charge is 0.375 e. The van der Waals surface area contributed by atoms with Crippen molar-refractivity contribution in [3.63, 3.8) is 0 Å². The highest BCUT2D eigenvalue weighted by atomic mass is 32.1. The Morgan fingerprint density at radius 1 is 1.36 bits per heavy atom. The van der Waals surface area contributed by atoms with Crippen molar-refractivity contribution in [1.29, 1.82) is 0 Å². The van der Waals surface area contributed by atoms with E-state index in [1.54, 1.807) is 12.4 Å². The molecule has 0 radical (unpaired) electrons. The van der Waals surface area contributed by atoms with Crippen LogP contribution < -0.4 is 5.73 Å². The maximum Gasteiger partial charge on any atom is 0.180 e. The van der Waals surface area contributed by atoms with Crippen LogP contribution in [0.3, 0.4) is 0 Å². The van der Waals surface area contributed by atoms with Crippen LogP contribution in [0.25, 0.3) is 0 Å². The average Bonchev–Trinajstić information content (AvgIpc) is 2.47. The number of nitrogens with two attached hydrogens (primary N) is 1. The quantitative estimate of drug-likeness (QED) is 0.816. The lowest BCUT2D eigenvalue weighted by molar-refractivity contribution is 1.08. The summed E-state index contributed by atoms with van der Waals surface area (Å²) in [5.41, 5.74) is 7.91. The van der Waals surface area contributed by atoms with Crippen LogP contribution in [0.4, 0.5) is 5.13 Å². The molecular weight excluding hydrogens is 194 g/mol. The van der Waals surface area contributed by atoms with Crippen LogP contribution in [0, 0.1) is 6.92 Å². The molecule has 0 saturated carbocycles. The van der Waals surface area contributed by atoms with Crippen LogP contribution in [0.2, 0.25) is 0 Å². The van der Waals surface area contributed by atoms with Crippen LogP contribution in [0.15, 0.2) is 24.5 Å². The highest BCUT2D eigenvalue weighted by Gasteiger charge is 2.05. The molecule has 3 nitrogen and oxygen atoms in total. The fourth-order valence-corrected chi connectivity index (χ4v) is 2.01. The molecule has 0 spiro atoms. The minimum atomic E-state index is 0.645. The van der Waals surface area contributed by atoms with Crippen molar-refractivity contribution < 1.29 is 0 Å². The average molecular weight is 205 g/mol. The lowest BCUT2D eigenvalue weighted by atomic mass is 10.1. The molecule has 0 aliphatic rings. The number of nitrogen functional groups attached to an aromatic ring is 1. The maximum absolute atomic E-state index is 5.63. The topological polar surface area (TPSA) is 51.8 Å². The minimum absolute atomic E-state index is 0.645. The number of thiazole rings is 1. The first kappa shape index (κ1) is 9.15. The molecule has 0 aliphatic carbocycles. The number of anilines is 1. The highest BCUT2D eigenvalue weighted by molar-refractivity contribution is 7.15. The van der Waals surface area contributed by atoms with Crippen LogP contribution >= 0.6 is 11.3 Å². The second-order valence-corrected chi connectivity index (χ2v) is 4.32. The fraction of sp³-hybridized carbons (Fsp3) is 0.200. The third-order valence-electron chi connectivity index (χ3n) is 2.03. The SMILES string of the molecule is Cc1sc(N)nc1Cc1ccncc1. The standard InChI is InChI=1S/C10H11N3S/c1-7-9(13-10(11)14-7)6-8-2-4-12-5-3-8/h2-5H,6H2,1H3,(H2,11,13). The number of hydrogen-bond acceptors (Lipinski definition) is 4. The summed E-state index contributed by atoms with van der Waals surface area (Å²) in [7, 11) is 0. The normalized spacial score (nSPS) is 10.4. The van der Waals surface area contributed by atoms with Gasteiger partial charge in [-0.05, 0) is 24.6 Å². The van der Waals surface area contributed by atoms with Gasteiger partial charge in [0.15, 0.2) is 5.13 Å². The van der Waals surface area contributed by atoms with E-state index in [0.717, 1.165) is 12.1 Å². The molecule has 2 aromatic heterocycles.